The van der Waals surface area contributed by atoms with E-state index in [1.807, 2.05) is 0 Å². The maximum atomic E-state index is 13.0. The van der Waals surface area contributed by atoms with E-state index in [2.05, 4.69) is 23.8 Å². The summed E-state index contributed by atoms with van der Waals surface area (Å²) >= 11 is 5.98. The highest BCUT2D eigenvalue weighted by molar-refractivity contribution is 6.31. The van der Waals surface area contributed by atoms with Crippen LogP contribution in [0.3, 0.4) is 0 Å². The Kier molecular flexibility index (Phi) is 4.55. The summed E-state index contributed by atoms with van der Waals surface area (Å²) < 4.78 is 13.0. The molecule has 0 saturated carbocycles. The molecule has 5 heteroatoms. The monoisotopic (exact) mass is 294 g/mol. The number of hydrogen-bond donors (Lipinski definition) is 1. The Balaban J connectivity index is 2.29. The lowest BCUT2D eigenvalue weighted by Gasteiger charge is -2.07. The van der Waals surface area contributed by atoms with Crippen LogP contribution in [0.5, 0.6) is 0 Å². The Labute approximate surface area is 121 Å². The fraction of sp³-hybridized carbons (Fsp3) is 0.333. The minimum Gasteiger partial charge on any atom is -0.310 e. The zero-order chi connectivity index (χ0) is 14.7. The van der Waals surface area contributed by atoms with Gasteiger partial charge in [-0.05, 0) is 30.0 Å². The molecule has 0 aliphatic rings. The van der Waals surface area contributed by atoms with Crippen molar-refractivity contribution in [2.75, 3.05) is 0 Å². The van der Waals surface area contributed by atoms with Crippen molar-refractivity contribution in [3.8, 4) is 0 Å². The minimum absolute atomic E-state index is 0.177. The van der Waals surface area contributed by atoms with Crippen LogP contribution in [-0.2, 0) is 12.8 Å². The highest BCUT2D eigenvalue weighted by atomic mass is 35.5. The second-order valence-corrected chi connectivity index (χ2v) is 5.60. The second-order valence-electron chi connectivity index (χ2n) is 5.19. The summed E-state index contributed by atoms with van der Waals surface area (Å²) in [5.74, 6) is 0.585. The number of aromatic nitrogens is 2. The fourth-order valence-corrected chi connectivity index (χ4v) is 2.25. The van der Waals surface area contributed by atoms with Crippen LogP contribution in [0.4, 0.5) is 4.39 Å². The standard InChI is InChI=1S/C15H16ClFN2O/c1-9(2)5-12-8-15(20)19-14(18-12)6-10-3-4-11(17)7-13(10)16/h3-4,7-9H,5-6H2,1-2H3,(H,18,19,20). The number of benzene rings is 1. The first-order valence-electron chi connectivity index (χ1n) is 6.47. The molecular formula is C15H16ClFN2O. The van der Waals surface area contributed by atoms with Gasteiger partial charge < -0.3 is 4.98 Å². The summed E-state index contributed by atoms with van der Waals surface area (Å²) in [6.45, 7) is 4.14. The van der Waals surface area contributed by atoms with E-state index in [9.17, 15) is 9.18 Å². The highest BCUT2D eigenvalue weighted by Gasteiger charge is 2.08. The topological polar surface area (TPSA) is 45.8 Å². The molecule has 1 aromatic carbocycles. The SMILES string of the molecule is CC(C)Cc1cc(=O)[nH]c(Cc2ccc(F)cc2Cl)n1. The Hall–Kier alpha value is -1.68. The number of rotatable bonds is 4. The zero-order valence-electron chi connectivity index (χ0n) is 11.4. The zero-order valence-corrected chi connectivity index (χ0v) is 12.2. The van der Waals surface area contributed by atoms with E-state index in [4.69, 9.17) is 11.6 Å². The summed E-state index contributed by atoms with van der Waals surface area (Å²) in [5.41, 5.74) is 1.32. The van der Waals surface area contributed by atoms with Crippen LogP contribution in [-0.4, -0.2) is 9.97 Å². The predicted molar refractivity (Wildman–Crippen MR) is 77.6 cm³/mol. The van der Waals surface area contributed by atoms with Crippen molar-refractivity contribution < 1.29 is 4.39 Å². The molecule has 0 spiro atoms. The van der Waals surface area contributed by atoms with E-state index in [0.717, 1.165) is 17.7 Å². The van der Waals surface area contributed by atoms with Crippen molar-refractivity contribution in [3.05, 3.63) is 62.5 Å². The number of halogens is 2. The third kappa shape index (κ3) is 3.90. The number of nitrogens with zero attached hydrogens (tertiary/aromatic N) is 1. The lowest BCUT2D eigenvalue weighted by Crippen LogP contribution is -2.14. The van der Waals surface area contributed by atoms with Gasteiger partial charge in [0, 0.05) is 23.2 Å². The van der Waals surface area contributed by atoms with Crippen LogP contribution in [0, 0.1) is 11.7 Å². The van der Waals surface area contributed by atoms with Crippen LogP contribution >= 0.6 is 11.6 Å². The molecule has 1 N–H and O–H groups in total. The number of aromatic amines is 1. The van der Waals surface area contributed by atoms with E-state index in [1.54, 1.807) is 6.07 Å². The molecule has 0 saturated heterocycles. The van der Waals surface area contributed by atoms with E-state index >= 15 is 0 Å². The molecule has 1 heterocycles. The fourth-order valence-electron chi connectivity index (χ4n) is 2.02. The number of nitrogens with one attached hydrogen (secondary N) is 1. The van der Waals surface area contributed by atoms with Gasteiger partial charge in [-0.3, -0.25) is 4.79 Å². The first-order chi connectivity index (χ1) is 9.44. The van der Waals surface area contributed by atoms with Crippen LogP contribution in [0.1, 0.15) is 30.9 Å². The molecule has 20 heavy (non-hydrogen) atoms. The molecule has 0 bridgehead atoms. The lowest BCUT2D eigenvalue weighted by atomic mass is 10.1. The van der Waals surface area contributed by atoms with Crippen LogP contribution < -0.4 is 5.56 Å². The number of H-pyrrole nitrogens is 1. The van der Waals surface area contributed by atoms with Gasteiger partial charge in [0.2, 0.25) is 0 Å². The molecule has 106 valence electrons. The first-order valence-corrected chi connectivity index (χ1v) is 6.85. The molecule has 2 aromatic rings. The van der Waals surface area contributed by atoms with Crippen LogP contribution in [0.15, 0.2) is 29.1 Å². The summed E-state index contributed by atoms with van der Waals surface area (Å²) in [6.07, 6.45) is 1.12. The van der Waals surface area contributed by atoms with Gasteiger partial charge >= 0.3 is 0 Å². The smallest absolute Gasteiger partial charge is 0.251 e. The molecule has 0 aliphatic carbocycles. The van der Waals surface area contributed by atoms with E-state index in [0.29, 0.717) is 23.2 Å². The lowest BCUT2D eigenvalue weighted by molar-refractivity contribution is 0.626. The number of hydrogen-bond acceptors (Lipinski definition) is 2. The van der Waals surface area contributed by atoms with E-state index < -0.39 is 0 Å². The van der Waals surface area contributed by atoms with Gasteiger partial charge in [0.05, 0.1) is 0 Å². The highest BCUT2D eigenvalue weighted by Crippen LogP contribution is 2.19. The Morgan fingerprint density at radius 2 is 2.10 bits per heavy atom. The van der Waals surface area contributed by atoms with Gasteiger partial charge in [0.1, 0.15) is 11.6 Å². The third-order valence-electron chi connectivity index (χ3n) is 2.83. The molecular weight excluding hydrogens is 279 g/mol. The van der Waals surface area contributed by atoms with E-state index in [1.165, 1.54) is 18.2 Å². The van der Waals surface area contributed by atoms with Gasteiger partial charge in [0.25, 0.3) is 5.56 Å². The molecule has 0 atom stereocenters. The van der Waals surface area contributed by atoms with E-state index in [-0.39, 0.29) is 11.4 Å². The van der Waals surface area contributed by atoms with Crippen molar-refractivity contribution in [2.24, 2.45) is 5.92 Å². The largest absolute Gasteiger partial charge is 0.310 e. The van der Waals surface area contributed by atoms with Gasteiger partial charge in [-0.2, -0.15) is 0 Å². The Morgan fingerprint density at radius 1 is 1.35 bits per heavy atom. The van der Waals surface area contributed by atoms with Gasteiger partial charge in [-0.1, -0.05) is 31.5 Å². The molecule has 2 rings (SSSR count). The summed E-state index contributed by atoms with van der Waals surface area (Å²) in [7, 11) is 0. The average Bonchev–Trinajstić information content (AvgIpc) is 2.31. The molecule has 0 amide bonds. The van der Waals surface area contributed by atoms with Crippen molar-refractivity contribution in [2.45, 2.75) is 26.7 Å². The van der Waals surface area contributed by atoms with Crippen LogP contribution in [0.2, 0.25) is 5.02 Å². The molecule has 3 nitrogen and oxygen atoms in total. The molecule has 0 radical (unpaired) electrons. The van der Waals surface area contributed by atoms with Crippen molar-refractivity contribution in [1.82, 2.24) is 9.97 Å². The third-order valence-corrected chi connectivity index (χ3v) is 3.19. The molecule has 0 fully saturated rings. The Morgan fingerprint density at radius 3 is 2.75 bits per heavy atom. The predicted octanol–water partition coefficient (Wildman–Crippen LogP) is 3.35. The molecule has 0 unspecified atom stereocenters. The summed E-state index contributed by atoms with van der Waals surface area (Å²) in [4.78, 5) is 18.8. The van der Waals surface area contributed by atoms with Crippen molar-refractivity contribution in [1.29, 1.82) is 0 Å². The van der Waals surface area contributed by atoms with Crippen LogP contribution in [0.25, 0.3) is 0 Å². The van der Waals surface area contributed by atoms with Gasteiger partial charge in [-0.25, -0.2) is 9.37 Å². The molecule has 0 aliphatic heterocycles. The minimum atomic E-state index is -0.381. The maximum Gasteiger partial charge on any atom is 0.251 e. The summed E-state index contributed by atoms with van der Waals surface area (Å²) in [6, 6.07) is 5.72. The summed E-state index contributed by atoms with van der Waals surface area (Å²) in [5, 5.41) is 0.335. The quantitative estimate of drug-likeness (QED) is 0.940. The second kappa shape index (κ2) is 6.18. The normalized spacial score (nSPS) is 11.1. The van der Waals surface area contributed by atoms with Gasteiger partial charge in [0.15, 0.2) is 0 Å². The average molecular weight is 295 g/mol. The van der Waals surface area contributed by atoms with Gasteiger partial charge in [-0.15, -0.1) is 0 Å². The maximum absolute atomic E-state index is 13.0. The van der Waals surface area contributed by atoms with Crippen molar-refractivity contribution in [3.63, 3.8) is 0 Å². The molecule has 1 aromatic heterocycles. The first kappa shape index (κ1) is 14.7. The van der Waals surface area contributed by atoms with Crippen molar-refractivity contribution >= 4 is 11.6 Å². The Bertz CT molecular complexity index is 667.